The van der Waals surface area contributed by atoms with Crippen LogP contribution in [-0.4, -0.2) is 47.6 Å². The van der Waals surface area contributed by atoms with Crippen molar-refractivity contribution in [2.75, 3.05) is 26.0 Å². The largest absolute Gasteiger partial charge is 0.393 e. The molecule has 2 N–H and O–H groups in total. The second-order valence-corrected chi connectivity index (χ2v) is 4.04. The van der Waals surface area contributed by atoms with Gasteiger partial charge in [0.05, 0.1) is 11.7 Å². The molecule has 0 saturated heterocycles. The molecule has 0 radical (unpaired) electrons. The third-order valence-electron chi connectivity index (χ3n) is 2.55. The summed E-state index contributed by atoms with van der Waals surface area (Å²) in [7, 11) is 3.49. The molecular formula is C12H19N3O2. The predicted octanol–water partition coefficient (Wildman–Crippen LogP) is 0.966. The van der Waals surface area contributed by atoms with E-state index in [-0.39, 0.29) is 5.91 Å². The summed E-state index contributed by atoms with van der Waals surface area (Å²) in [4.78, 5) is 17.6. The van der Waals surface area contributed by atoms with Crippen LogP contribution in [0.3, 0.4) is 0 Å². The van der Waals surface area contributed by atoms with Gasteiger partial charge in [-0.3, -0.25) is 9.78 Å². The molecule has 0 aliphatic heterocycles. The summed E-state index contributed by atoms with van der Waals surface area (Å²) in [5, 5.41) is 12.2. The van der Waals surface area contributed by atoms with Gasteiger partial charge in [-0.05, 0) is 19.4 Å². The summed E-state index contributed by atoms with van der Waals surface area (Å²) in [5.74, 6) is -0.0944. The maximum absolute atomic E-state index is 12.1. The minimum absolute atomic E-state index is 0.0944. The van der Waals surface area contributed by atoms with Gasteiger partial charge in [0, 0.05) is 38.7 Å². The quantitative estimate of drug-likeness (QED) is 0.800. The van der Waals surface area contributed by atoms with Crippen LogP contribution in [-0.2, 0) is 0 Å². The van der Waals surface area contributed by atoms with E-state index in [4.69, 9.17) is 0 Å². The summed E-state index contributed by atoms with van der Waals surface area (Å²) in [6.07, 6.45) is 3.35. The predicted molar refractivity (Wildman–Crippen MR) is 67.0 cm³/mol. The molecular weight excluding hydrogens is 218 g/mol. The highest BCUT2D eigenvalue weighted by atomic mass is 16.3. The zero-order valence-corrected chi connectivity index (χ0v) is 10.5. The molecule has 0 saturated carbocycles. The highest BCUT2D eigenvalue weighted by molar-refractivity contribution is 5.99. The van der Waals surface area contributed by atoms with Gasteiger partial charge in [-0.15, -0.1) is 0 Å². The number of hydrogen-bond donors (Lipinski definition) is 2. The van der Waals surface area contributed by atoms with Crippen molar-refractivity contribution >= 4 is 11.6 Å². The average Bonchev–Trinajstić information content (AvgIpc) is 2.34. The normalized spacial score (nSPS) is 12.0. The first kappa shape index (κ1) is 13.4. The number of amides is 1. The van der Waals surface area contributed by atoms with E-state index in [1.54, 1.807) is 44.4 Å². The van der Waals surface area contributed by atoms with Crippen LogP contribution in [0.15, 0.2) is 18.5 Å². The number of nitrogens with one attached hydrogen (secondary N) is 1. The lowest BCUT2D eigenvalue weighted by molar-refractivity contribution is 0.0769. The molecule has 1 aromatic heterocycles. The Kier molecular flexibility index (Phi) is 4.90. The maximum Gasteiger partial charge on any atom is 0.257 e. The molecule has 1 aromatic rings. The van der Waals surface area contributed by atoms with Crippen molar-refractivity contribution in [3.05, 3.63) is 24.0 Å². The molecule has 1 heterocycles. The number of rotatable bonds is 5. The summed E-state index contributed by atoms with van der Waals surface area (Å²) in [6.45, 7) is 2.23. The lowest BCUT2D eigenvalue weighted by atomic mass is 10.2. The molecule has 94 valence electrons. The van der Waals surface area contributed by atoms with E-state index < -0.39 is 6.10 Å². The zero-order chi connectivity index (χ0) is 12.8. The van der Waals surface area contributed by atoms with E-state index in [9.17, 15) is 9.90 Å². The second kappa shape index (κ2) is 6.20. The third kappa shape index (κ3) is 3.71. The number of aliphatic hydroxyl groups excluding tert-OH is 1. The van der Waals surface area contributed by atoms with E-state index >= 15 is 0 Å². The monoisotopic (exact) mass is 237 g/mol. The van der Waals surface area contributed by atoms with E-state index in [2.05, 4.69) is 10.3 Å². The molecule has 0 aliphatic rings. The number of pyridine rings is 1. The Morgan fingerprint density at radius 3 is 2.94 bits per heavy atom. The van der Waals surface area contributed by atoms with Crippen LogP contribution in [0.2, 0.25) is 0 Å². The van der Waals surface area contributed by atoms with Gasteiger partial charge in [-0.1, -0.05) is 0 Å². The average molecular weight is 237 g/mol. The van der Waals surface area contributed by atoms with Gasteiger partial charge in [-0.25, -0.2) is 0 Å². The summed E-state index contributed by atoms with van der Waals surface area (Å²) in [5.41, 5.74) is 1.30. The standard InChI is InChI=1S/C12H19N3O2/c1-9(16)5-7-15(3)12(17)10-8-14-6-4-11(10)13-2/h4,6,8-9,16H,5,7H2,1-3H3,(H,13,14). The number of hydrogen-bond acceptors (Lipinski definition) is 4. The molecule has 0 aromatic carbocycles. The molecule has 1 atom stereocenters. The zero-order valence-electron chi connectivity index (χ0n) is 10.5. The van der Waals surface area contributed by atoms with Crippen molar-refractivity contribution in [1.82, 2.24) is 9.88 Å². The molecule has 1 rings (SSSR count). The molecule has 0 aliphatic carbocycles. The topological polar surface area (TPSA) is 65.5 Å². The first-order valence-corrected chi connectivity index (χ1v) is 5.61. The number of anilines is 1. The van der Waals surface area contributed by atoms with Crippen LogP contribution < -0.4 is 5.32 Å². The molecule has 1 amide bonds. The lowest BCUT2D eigenvalue weighted by Crippen LogP contribution is -2.30. The highest BCUT2D eigenvalue weighted by Gasteiger charge is 2.15. The Morgan fingerprint density at radius 1 is 1.65 bits per heavy atom. The van der Waals surface area contributed by atoms with Crippen LogP contribution in [0, 0.1) is 0 Å². The minimum atomic E-state index is -0.400. The van der Waals surface area contributed by atoms with Gasteiger partial charge >= 0.3 is 0 Å². The van der Waals surface area contributed by atoms with Crippen molar-refractivity contribution in [2.24, 2.45) is 0 Å². The van der Waals surface area contributed by atoms with Crippen LogP contribution in [0.4, 0.5) is 5.69 Å². The molecule has 17 heavy (non-hydrogen) atoms. The summed E-state index contributed by atoms with van der Waals surface area (Å²) >= 11 is 0. The number of carbonyl (C=O) groups is 1. The van der Waals surface area contributed by atoms with Crippen molar-refractivity contribution in [2.45, 2.75) is 19.4 Å². The van der Waals surface area contributed by atoms with Crippen molar-refractivity contribution in [1.29, 1.82) is 0 Å². The number of carbonyl (C=O) groups excluding carboxylic acids is 1. The van der Waals surface area contributed by atoms with Gasteiger partial charge in [0.15, 0.2) is 0 Å². The summed E-state index contributed by atoms with van der Waals surface area (Å²) in [6, 6.07) is 1.76. The van der Waals surface area contributed by atoms with E-state index in [0.717, 1.165) is 5.69 Å². The Balaban J connectivity index is 2.74. The molecule has 5 heteroatoms. The second-order valence-electron chi connectivity index (χ2n) is 4.04. The highest BCUT2D eigenvalue weighted by Crippen LogP contribution is 2.14. The van der Waals surface area contributed by atoms with Gasteiger partial charge in [-0.2, -0.15) is 0 Å². The Bertz CT molecular complexity index is 380. The van der Waals surface area contributed by atoms with E-state index in [0.29, 0.717) is 18.5 Å². The molecule has 5 nitrogen and oxygen atoms in total. The SMILES string of the molecule is CNc1ccncc1C(=O)N(C)CCC(C)O. The van der Waals surface area contributed by atoms with E-state index in [1.165, 1.54) is 0 Å². The van der Waals surface area contributed by atoms with Gasteiger partial charge in [0.1, 0.15) is 0 Å². The van der Waals surface area contributed by atoms with Crippen LogP contribution in [0.5, 0.6) is 0 Å². The smallest absolute Gasteiger partial charge is 0.257 e. The first-order chi connectivity index (χ1) is 8.06. The number of aromatic nitrogens is 1. The Hall–Kier alpha value is -1.62. The minimum Gasteiger partial charge on any atom is -0.393 e. The molecule has 1 unspecified atom stereocenters. The fourth-order valence-electron chi connectivity index (χ4n) is 1.47. The van der Waals surface area contributed by atoms with Crippen LogP contribution in [0.1, 0.15) is 23.7 Å². The maximum atomic E-state index is 12.1. The molecule has 0 fully saturated rings. The Labute approximate surface area is 101 Å². The first-order valence-electron chi connectivity index (χ1n) is 5.61. The number of aliphatic hydroxyl groups is 1. The van der Waals surface area contributed by atoms with Crippen LogP contribution >= 0.6 is 0 Å². The van der Waals surface area contributed by atoms with Crippen molar-refractivity contribution < 1.29 is 9.90 Å². The van der Waals surface area contributed by atoms with Gasteiger partial charge in [0.25, 0.3) is 5.91 Å². The fourth-order valence-corrected chi connectivity index (χ4v) is 1.47. The summed E-state index contributed by atoms with van der Waals surface area (Å²) < 4.78 is 0. The fraction of sp³-hybridized carbons (Fsp3) is 0.500. The molecule has 0 bridgehead atoms. The van der Waals surface area contributed by atoms with Gasteiger partial charge < -0.3 is 15.3 Å². The lowest BCUT2D eigenvalue weighted by Gasteiger charge is -2.19. The van der Waals surface area contributed by atoms with E-state index in [1.807, 2.05) is 0 Å². The van der Waals surface area contributed by atoms with Crippen molar-refractivity contribution in [3.8, 4) is 0 Å². The van der Waals surface area contributed by atoms with Gasteiger partial charge in [0.2, 0.25) is 0 Å². The third-order valence-corrected chi connectivity index (χ3v) is 2.55. The Morgan fingerprint density at radius 2 is 2.35 bits per heavy atom. The molecule has 0 spiro atoms. The van der Waals surface area contributed by atoms with Crippen molar-refractivity contribution in [3.63, 3.8) is 0 Å². The number of nitrogens with zero attached hydrogens (tertiary/aromatic N) is 2. The van der Waals surface area contributed by atoms with Crippen LogP contribution in [0.25, 0.3) is 0 Å².